The predicted molar refractivity (Wildman–Crippen MR) is 247 cm³/mol. The molecule has 2 saturated heterocycles. The summed E-state index contributed by atoms with van der Waals surface area (Å²) in [4.78, 5) is 60.4. The maximum absolute atomic E-state index is 14.4. The number of rotatable bonds is 18. The van der Waals surface area contributed by atoms with Crippen molar-refractivity contribution in [1.29, 1.82) is 0 Å². The van der Waals surface area contributed by atoms with Gasteiger partial charge in [0.1, 0.15) is 17.8 Å². The van der Waals surface area contributed by atoms with Crippen molar-refractivity contribution in [2.24, 2.45) is 16.7 Å². The van der Waals surface area contributed by atoms with Crippen LogP contribution in [0.2, 0.25) is 0 Å². The van der Waals surface area contributed by atoms with Gasteiger partial charge in [0.2, 0.25) is 11.8 Å². The number of phenols is 1. The van der Waals surface area contributed by atoms with Crippen LogP contribution in [0.5, 0.6) is 5.75 Å². The molecule has 2 aliphatic heterocycles. The lowest BCUT2D eigenvalue weighted by Crippen LogP contribution is -2.60. The van der Waals surface area contributed by atoms with Gasteiger partial charge in [0.05, 0.1) is 30.1 Å². The summed E-state index contributed by atoms with van der Waals surface area (Å²) in [6.07, 6.45) is 6.93. The third-order valence-corrected chi connectivity index (χ3v) is 13.6. The molecular formula is C50H67N7O7. The molecule has 2 aromatic heterocycles. The van der Waals surface area contributed by atoms with Crippen molar-refractivity contribution in [3.8, 4) is 28.1 Å². The first-order valence-electron chi connectivity index (χ1n) is 23.0. The normalized spacial score (nSPS) is 18.5. The first-order valence-corrected chi connectivity index (χ1v) is 23.0. The van der Waals surface area contributed by atoms with Crippen LogP contribution in [0.1, 0.15) is 96.6 Å². The summed E-state index contributed by atoms with van der Waals surface area (Å²) in [7, 11) is 3.37. The number of pyridine rings is 1. The smallest absolute Gasteiger partial charge is 0.293 e. The number of methoxy groups -OCH3 is 1. The molecule has 4 heterocycles. The fraction of sp³-hybridized carbons (Fsp3) is 0.540. The highest BCUT2D eigenvalue weighted by Gasteiger charge is 2.56. The fourth-order valence-corrected chi connectivity index (χ4v) is 10.1. The van der Waals surface area contributed by atoms with E-state index in [2.05, 4.69) is 59.6 Å². The molecule has 0 bridgehead atoms. The highest BCUT2D eigenvalue weighted by molar-refractivity contribution is 5.96. The molecule has 14 nitrogen and oxygen atoms in total. The first-order chi connectivity index (χ1) is 30.6. The number of phenolic OH excluding ortho intramolecular Hbond substituents is 1. The molecule has 64 heavy (non-hydrogen) atoms. The standard InChI is InChI=1S/C50H67N7O7/c1-9-56-41-15-14-34(27-38(41)39(28-49(5,6)29-64-30-58)44(56)37-13-12-19-51-42(37)32(4)63-8)35-23-33(24-36(59)26-35)25-40(47(61)57-22-11-10-20-53-57)54-46(60)43(31(2)3)55(7)48(62)45-50(16-17-50)18-21-52-45/h12-15,19,23-24,26-27,30-32,40,43,45,52-53,59H,9-11,16-18,20-22,25,28-29H2,1-8H3,(H,54,60). The van der Waals surface area contributed by atoms with E-state index in [1.54, 1.807) is 42.4 Å². The second-order valence-electron chi connectivity index (χ2n) is 19.3. The van der Waals surface area contributed by atoms with Crippen LogP contribution in [0, 0.1) is 16.7 Å². The number of hydrazine groups is 1. The van der Waals surface area contributed by atoms with Gasteiger partial charge in [-0.3, -0.25) is 29.2 Å². The maximum atomic E-state index is 14.4. The number of aryl methyl sites for hydroxylation is 1. The number of hydrogen-bond acceptors (Lipinski definition) is 10. The SMILES string of the molecule is CCn1c(-c2cccnc2C(C)OC)c(CC(C)(C)COC=O)c2cc(-c3cc(O)cc(CC(NC(=O)C(C(C)C)N(C)C(=O)C4NCCC45CC5)C(=O)N4CCCCN4)c3)ccc21. The summed E-state index contributed by atoms with van der Waals surface area (Å²) in [6, 6.07) is 13.5. The molecular weight excluding hydrogens is 811 g/mol. The van der Waals surface area contributed by atoms with E-state index in [1.165, 1.54) is 0 Å². The molecule has 3 amide bonds. The van der Waals surface area contributed by atoms with Crippen LogP contribution in [0.15, 0.2) is 54.7 Å². The Morgan fingerprint density at radius 2 is 1.84 bits per heavy atom. The molecule has 7 rings (SSSR count). The van der Waals surface area contributed by atoms with E-state index in [0.29, 0.717) is 38.1 Å². The van der Waals surface area contributed by atoms with Crippen molar-refractivity contribution in [2.75, 3.05) is 40.4 Å². The Hall–Kier alpha value is -5.31. The first kappa shape index (κ1) is 46.7. The van der Waals surface area contributed by atoms with Crippen LogP contribution in [-0.2, 0) is 48.0 Å². The summed E-state index contributed by atoms with van der Waals surface area (Å²) in [5, 5.41) is 20.4. The van der Waals surface area contributed by atoms with E-state index in [0.717, 1.165) is 83.2 Å². The van der Waals surface area contributed by atoms with Crippen molar-refractivity contribution < 1.29 is 33.8 Å². The van der Waals surface area contributed by atoms with Gasteiger partial charge in [-0.05, 0) is 129 Å². The minimum absolute atomic E-state index is 0.0164. The Bertz CT molecular complexity index is 2350. The van der Waals surface area contributed by atoms with Crippen molar-refractivity contribution >= 4 is 35.1 Å². The van der Waals surface area contributed by atoms with Crippen LogP contribution in [-0.4, -0.2) is 107 Å². The molecule has 4 atom stereocenters. The van der Waals surface area contributed by atoms with Crippen molar-refractivity contribution in [3.63, 3.8) is 0 Å². The molecule has 3 aliphatic rings. The average Bonchev–Trinajstić information content (AvgIpc) is 3.84. The second kappa shape index (κ2) is 19.4. The number of carbonyl (C=O) groups is 4. The molecule has 4 aromatic rings. The molecule has 14 heteroatoms. The van der Waals surface area contributed by atoms with E-state index >= 15 is 0 Å². The number of nitrogens with one attached hydrogen (secondary N) is 3. The van der Waals surface area contributed by atoms with Gasteiger partial charge in [0.15, 0.2) is 0 Å². The summed E-state index contributed by atoms with van der Waals surface area (Å²) in [6.45, 7) is 15.4. The number of aromatic nitrogens is 2. The van der Waals surface area contributed by atoms with Gasteiger partial charge < -0.3 is 34.7 Å². The van der Waals surface area contributed by atoms with Gasteiger partial charge in [-0.15, -0.1) is 0 Å². The zero-order valence-electron chi connectivity index (χ0n) is 38.8. The third-order valence-electron chi connectivity index (χ3n) is 13.6. The Balaban J connectivity index is 1.26. The lowest BCUT2D eigenvalue weighted by molar-refractivity contribution is -0.145. The number of hydrogen-bond donors (Lipinski definition) is 4. The lowest BCUT2D eigenvalue weighted by Gasteiger charge is -2.35. The molecule has 1 spiro atoms. The number of carbonyl (C=O) groups excluding carboxylic acids is 4. The molecule has 0 radical (unpaired) electrons. The van der Waals surface area contributed by atoms with E-state index < -0.39 is 23.4 Å². The zero-order valence-corrected chi connectivity index (χ0v) is 38.8. The average molecular weight is 878 g/mol. The van der Waals surface area contributed by atoms with Crippen LogP contribution < -0.4 is 16.1 Å². The van der Waals surface area contributed by atoms with E-state index in [9.17, 15) is 24.3 Å². The Kier molecular flexibility index (Phi) is 14.2. The Labute approximate surface area is 377 Å². The van der Waals surface area contributed by atoms with Gasteiger partial charge in [0, 0.05) is 68.3 Å². The molecule has 344 valence electrons. The molecule has 4 N–H and O–H groups in total. The number of ether oxygens (including phenoxy) is 2. The topological polar surface area (TPSA) is 167 Å². The maximum Gasteiger partial charge on any atom is 0.293 e. The minimum atomic E-state index is -0.980. The van der Waals surface area contributed by atoms with Crippen molar-refractivity contribution in [2.45, 2.75) is 117 Å². The monoisotopic (exact) mass is 878 g/mol. The zero-order chi connectivity index (χ0) is 45.9. The summed E-state index contributed by atoms with van der Waals surface area (Å²) >= 11 is 0. The van der Waals surface area contributed by atoms with Crippen LogP contribution in [0.25, 0.3) is 33.3 Å². The molecule has 1 saturated carbocycles. The number of amides is 3. The number of likely N-dealkylation sites (N-methyl/N-ethyl adjacent to an activating group) is 1. The molecule has 4 unspecified atom stereocenters. The second-order valence-corrected chi connectivity index (χ2v) is 19.3. The molecule has 2 aromatic carbocycles. The van der Waals surface area contributed by atoms with Crippen molar-refractivity contribution in [1.82, 2.24) is 35.5 Å². The number of fused-ring (bicyclic) bond motifs is 1. The summed E-state index contributed by atoms with van der Waals surface area (Å²) in [5.41, 5.74) is 9.89. The summed E-state index contributed by atoms with van der Waals surface area (Å²) < 4.78 is 13.4. The largest absolute Gasteiger partial charge is 0.508 e. The molecule has 1 aliphatic carbocycles. The Morgan fingerprint density at radius 1 is 1.06 bits per heavy atom. The minimum Gasteiger partial charge on any atom is -0.508 e. The quantitative estimate of drug-likeness (QED) is 0.0831. The highest BCUT2D eigenvalue weighted by Crippen LogP contribution is 2.54. The van der Waals surface area contributed by atoms with Gasteiger partial charge >= 0.3 is 0 Å². The van der Waals surface area contributed by atoms with E-state index in [-0.39, 0.29) is 54.1 Å². The van der Waals surface area contributed by atoms with Gasteiger partial charge in [-0.2, -0.15) is 0 Å². The van der Waals surface area contributed by atoms with E-state index in [4.69, 9.17) is 14.5 Å². The highest BCUT2D eigenvalue weighted by atomic mass is 16.5. The van der Waals surface area contributed by atoms with Crippen LogP contribution in [0.4, 0.5) is 0 Å². The fourth-order valence-electron chi connectivity index (χ4n) is 10.1. The van der Waals surface area contributed by atoms with Crippen LogP contribution in [0.3, 0.4) is 0 Å². The van der Waals surface area contributed by atoms with Gasteiger partial charge in [0.25, 0.3) is 12.4 Å². The predicted octanol–water partition coefficient (Wildman–Crippen LogP) is 6.32. The molecule has 3 fully saturated rings. The Morgan fingerprint density at radius 3 is 2.52 bits per heavy atom. The van der Waals surface area contributed by atoms with Gasteiger partial charge in [-0.1, -0.05) is 39.8 Å². The summed E-state index contributed by atoms with van der Waals surface area (Å²) in [5.74, 6) is -0.955. The number of benzene rings is 2. The lowest BCUT2D eigenvalue weighted by atomic mass is 9.84. The number of aromatic hydroxyl groups is 1. The van der Waals surface area contributed by atoms with Crippen LogP contribution >= 0.6 is 0 Å². The number of nitrogens with zero attached hydrogens (tertiary/aromatic N) is 4. The van der Waals surface area contributed by atoms with Gasteiger partial charge in [-0.25, -0.2) is 5.43 Å². The van der Waals surface area contributed by atoms with Crippen molar-refractivity contribution in [3.05, 3.63) is 71.5 Å². The third kappa shape index (κ3) is 9.69. The van der Waals surface area contributed by atoms with E-state index in [1.807, 2.05) is 39.0 Å².